The van der Waals surface area contributed by atoms with Gasteiger partial charge in [-0.3, -0.25) is 33.0 Å². The minimum Gasteiger partial charge on any atom is -0.468 e. The predicted octanol–water partition coefficient (Wildman–Crippen LogP) is 1.11. The van der Waals surface area contributed by atoms with Crippen LogP contribution in [0.4, 0.5) is 5.82 Å². The van der Waals surface area contributed by atoms with Crippen molar-refractivity contribution in [2.24, 2.45) is 0 Å². The summed E-state index contributed by atoms with van der Waals surface area (Å²) < 4.78 is 48.3. The Balaban J connectivity index is 2.12. The third-order valence-corrected chi connectivity index (χ3v) is 8.73. The van der Waals surface area contributed by atoms with Crippen molar-refractivity contribution in [2.75, 3.05) is 26.6 Å². The van der Waals surface area contributed by atoms with E-state index < -0.39 is 74.3 Å². The van der Waals surface area contributed by atoms with Gasteiger partial charge in [0.15, 0.2) is 18.5 Å². The zero-order valence-electron chi connectivity index (χ0n) is 25.6. The summed E-state index contributed by atoms with van der Waals surface area (Å²) in [4.78, 5) is 57.4. The lowest BCUT2D eigenvalue weighted by Crippen LogP contribution is -2.49. The number of hydrogen-bond acceptors (Lipinski definition) is 14. The molecule has 0 amide bonds. The number of fused-ring (bicyclic) bond motifs is 1. The van der Waals surface area contributed by atoms with Crippen LogP contribution in [0.15, 0.2) is 18.5 Å². The van der Waals surface area contributed by atoms with Crippen molar-refractivity contribution in [1.29, 1.82) is 0 Å². The molecule has 3 heterocycles. The lowest BCUT2D eigenvalue weighted by molar-refractivity contribution is -0.169. The fourth-order valence-electron chi connectivity index (χ4n) is 4.45. The van der Waals surface area contributed by atoms with E-state index in [2.05, 4.69) is 25.1 Å². The minimum atomic E-state index is -4.41. The second-order valence-electron chi connectivity index (χ2n) is 9.86. The van der Waals surface area contributed by atoms with Crippen molar-refractivity contribution in [3.05, 3.63) is 29.0 Å². The number of methoxy groups -OCH3 is 2. The van der Waals surface area contributed by atoms with Crippen LogP contribution in [0, 0.1) is 6.57 Å². The third kappa shape index (κ3) is 7.75. The molecular weight excluding hydrogens is 617 g/mol. The number of hydrogen-bond donors (Lipinski definition) is 3. The first-order valence-corrected chi connectivity index (χ1v) is 15.4. The van der Waals surface area contributed by atoms with Gasteiger partial charge >= 0.3 is 37.3 Å². The molecule has 19 heteroatoms. The van der Waals surface area contributed by atoms with E-state index in [-0.39, 0.29) is 24.4 Å². The van der Waals surface area contributed by atoms with Crippen LogP contribution in [0.5, 0.6) is 0 Å². The third-order valence-electron chi connectivity index (χ3n) is 6.79. The molecule has 246 valence electrons. The number of carbonyl (C=O) groups is 4. The molecule has 0 aromatic carbocycles. The molecule has 45 heavy (non-hydrogen) atoms. The standard InChI is InChI=1S/C26H37N7O11P/c1-8-18(34)42-21-20(16-10-11-17-23(27)29-13-30-33(16)17)44-26(28-5,22(21)43-19(35)9-2)12-41-45(38,31-14(3)24(36)39-6)32-15(4)25(37)40-7/h5,10-11,13-15,20-22H,8-9,12H2,1-4,6-7H3,(H2,27,29,30)(H2,31,32,38)/q+1/t14-,15-,20-,21-,22-,26+/m0/s1. The summed E-state index contributed by atoms with van der Waals surface area (Å²) in [6.45, 7) is 10.8. The van der Waals surface area contributed by atoms with Crippen molar-refractivity contribution < 1.29 is 52.0 Å². The summed E-state index contributed by atoms with van der Waals surface area (Å²) in [6, 6.07) is 0.768. The fourth-order valence-corrected chi connectivity index (χ4v) is 6.27. The quantitative estimate of drug-likeness (QED) is 0.147. The van der Waals surface area contributed by atoms with Gasteiger partial charge in [-0.05, 0) is 30.8 Å². The summed E-state index contributed by atoms with van der Waals surface area (Å²) in [5.74, 6) is -2.88. The van der Waals surface area contributed by atoms with Crippen LogP contribution >= 0.6 is 7.67 Å². The van der Waals surface area contributed by atoms with E-state index in [0.717, 1.165) is 14.2 Å². The monoisotopic (exact) mass is 654 g/mol. The van der Waals surface area contributed by atoms with Crippen molar-refractivity contribution >= 4 is 42.9 Å². The number of nitrogens with two attached hydrogens (primary N) is 1. The van der Waals surface area contributed by atoms with Crippen LogP contribution < -0.4 is 15.9 Å². The molecule has 0 radical (unpaired) electrons. The molecule has 4 N–H and O–H groups in total. The summed E-state index contributed by atoms with van der Waals surface area (Å²) in [6.07, 6.45) is -3.11. The van der Waals surface area contributed by atoms with Gasteiger partial charge in [0.25, 0.3) is 12.7 Å². The molecule has 1 fully saturated rings. The number of nitrogens with one attached hydrogen (secondary N) is 2. The summed E-state index contributed by atoms with van der Waals surface area (Å²) in [5.41, 5.74) is 4.51. The van der Waals surface area contributed by atoms with E-state index in [1.54, 1.807) is 19.1 Å². The number of nitrogen functional groups attached to an aromatic ring is 1. The van der Waals surface area contributed by atoms with Gasteiger partial charge in [-0.2, -0.15) is 5.10 Å². The number of anilines is 1. The molecule has 3 rings (SSSR count). The largest absolute Gasteiger partial charge is 0.468 e. The molecule has 1 aliphatic heterocycles. The first-order valence-electron chi connectivity index (χ1n) is 13.8. The molecule has 0 aliphatic carbocycles. The highest BCUT2D eigenvalue weighted by molar-refractivity contribution is 7.54. The molecule has 0 spiro atoms. The number of aromatic nitrogens is 3. The molecule has 2 aromatic heterocycles. The smallest absolute Gasteiger partial charge is 0.449 e. The maximum Gasteiger partial charge on any atom is 0.449 e. The number of carbonyl (C=O) groups excluding carboxylic acids is 4. The topological polar surface area (TPSA) is 225 Å². The lowest BCUT2D eigenvalue weighted by Gasteiger charge is -2.27. The Bertz CT molecular complexity index is 1480. The molecule has 2 aromatic rings. The number of ether oxygens (including phenoxy) is 5. The molecule has 1 saturated heterocycles. The molecular formula is C26H37N7O11P+. The Morgan fingerprint density at radius 3 is 2.20 bits per heavy atom. The first-order chi connectivity index (χ1) is 21.3. The van der Waals surface area contributed by atoms with Gasteiger partial charge in [-0.25, -0.2) is 19.7 Å². The molecule has 0 saturated carbocycles. The average molecular weight is 655 g/mol. The van der Waals surface area contributed by atoms with Gasteiger partial charge in [0.2, 0.25) is 0 Å². The number of esters is 4. The zero-order chi connectivity index (χ0) is 33.5. The van der Waals surface area contributed by atoms with Gasteiger partial charge < -0.3 is 24.7 Å². The minimum absolute atomic E-state index is 0.0508. The van der Waals surface area contributed by atoms with Crippen LogP contribution in [0.25, 0.3) is 10.4 Å². The van der Waals surface area contributed by atoms with E-state index in [9.17, 15) is 23.7 Å². The fraction of sp³-hybridized carbons (Fsp3) is 0.577. The summed E-state index contributed by atoms with van der Waals surface area (Å²) in [7, 11) is -2.16. The Hall–Kier alpha value is -4.14. The van der Waals surface area contributed by atoms with Crippen LogP contribution in [-0.2, 0) is 52.0 Å². The summed E-state index contributed by atoms with van der Waals surface area (Å²) in [5, 5.41) is 9.17. The van der Waals surface area contributed by atoms with E-state index in [1.807, 2.05) is 0 Å². The Morgan fingerprint density at radius 2 is 1.67 bits per heavy atom. The Kier molecular flexibility index (Phi) is 11.6. The van der Waals surface area contributed by atoms with Crippen molar-refractivity contribution in [3.8, 4) is 6.57 Å². The SMILES string of the molecule is C#[N+][C@]1(COP(=O)(N[C@@H](C)C(=O)OC)N[C@@H](C)C(=O)OC)O[C@@H](c2ccc3c(N)ncnn23)[C@H](OC(=O)CC)[C@@H]1OC(=O)CC. The zero-order valence-corrected chi connectivity index (χ0v) is 26.5. The Labute approximate surface area is 258 Å². The van der Waals surface area contributed by atoms with Crippen molar-refractivity contribution in [3.63, 3.8) is 0 Å². The molecule has 0 unspecified atom stereocenters. The molecule has 18 nitrogen and oxygen atoms in total. The van der Waals surface area contributed by atoms with Gasteiger partial charge in [-0.1, -0.05) is 13.8 Å². The predicted molar refractivity (Wildman–Crippen MR) is 155 cm³/mol. The van der Waals surface area contributed by atoms with E-state index in [1.165, 1.54) is 31.6 Å². The normalized spacial score (nSPS) is 22.6. The van der Waals surface area contributed by atoms with E-state index in [0.29, 0.717) is 5.52 Å². The second-order valence-corrected chi connectivity index (χ2v) is 11.7. The van der Waals surface area contributed by atoms with Crippen LogP contribution in [-0.4, -0.2) is 89.3 Å². The lowest BCUT2D eigenvalue weighted by atomic mass is 10.0. The highest BCUT2D eigenvalue weighted by atomic mass is 31.2. The highest BCUT2D eigenvalue weighted by Crippen LogP contribution is 2.48. The maximum absolute atomic E-state index is 14.1. The van der Waals surface area contributed by atoms with Gasteiger partial charge in [0.05, 0.1) is 19.9 Å². The molecule has 0 bridgehead atoms. The van der Waals surface area contributed by atoms with Crippen LogP contribution in [0.1, 0.15) is 52.3 Å². The average Bonchev–Trinajstić information content (AvgIpc) is 3.59. The van der Waals surface area contributed by atoms with Crippen LogP contribution in [0.3, 0.4) is 0 Å². The van der Waals surface area contributed by atoms with E-state index in [4.69, 9.17) is 40.5 Å². The van der Waals surface area contributed by atoms with Gasteiger partial charge in [0.1, 0.15) is 30.0 Å². The Morgan fingerprint density at radius 1 is 1.09 bits per heavy atom. The molecule has 6 atom stereocenters. The molecule has 1 aliphatic rings. The first kappa shape index (κ1) is 35.3. The number of nitrogens with zero attached hydrogens (tertiary/aromatic N) is 4. The van der Waals surface area contributed by atoms with Crippen LogP contribution in [0.2, 0.25) is 0 Å². The highest BCUT2D eigenvalue weighted by Gasteiger charge is 2.69. The van der Waals surface area contributed by atoms with Gasteiger partial charge in [-0.15, -0.1) is 0 Å². The maximum atomic E-state index is 14.1. The van der Waals surface area contributed by atoms with Crippen molar-refractivity contribution in [1.82, 2.24) is 24.8 Å². The van der Waals surface area contributed by atoms with Gasteiger partial charge in [0, 0.05) is 12.8 Å². The second kappa shape index (κ2) is 14.8. The van der Waals surface area contributed by atoms with E-state index >= 15 is 0 Å². The summed E-state index contributed by atoms with van der Waals surface area (Å²) >= 11 is 0. The van der Waals surface area contributed by atoms with Crippen molar-refractivity contribution in [2.45, 2.75) is 76.7 Å². The number of rotatable bonds is 14.